The van der Waals surface area contributed by atoms with E-state index in [1.54, 1.807) is 29.2 Å². The van der Waals surface area contributed by atoms with Crippen molar-refractivity contribution in [1.29, 1.82) is 0 Å². The number of furan rings is 1. The lowest BCUT2D eigenvalue weighted by molar-refractivity contribution is 0.519. The summed E-state index contributed by atoms with van der Waals surface area (Å²) in [6.45, 7) is 0. The predicted molar refractivity (Wildman–Crippen MR) is 112 cm³/mol. The van der Waals surface area contributed by atoms with Crippen LogP contribution in [0, 0.1) is 5.82 Å². The molecule has 6 heteroatoms. The van der Waals surface area contributed by atoms with Crippen LogP contribution < -0.4 is 5.56 Å². The number of aromatic nitrogens is 3. The number of nitrogens with one attached hydrogen (secondary N) is 1. The Bertz CT molecular complexity index is 1320. The molecule has 1 N–H and O–H groups in total. The number of benzene rings is 2. The highest BCUT2D eigenvalue weighted by atomic mass is 19.1. The van der Waals surface area contributed by atoms with Gasteiger partial charge in [0.25, 0.3) is 5.56 Å². The Morgan fingerprint density at radius 3 is 2.63 bits per heavy atom. The first-order valence-corrected chi connectivity index (χ1v) is 9.63. The van der Waals surface area contributed by atoms with Gasteiger partial charge in [-0.25, -0.2) is 9.37 Å². The van der Waals surface area contributed by atoms with Crippen LogP contribution in [0.1, 0.15) is 22.7 Å². The van der Waals surface area contributed by atoms with Gasteiger partial charge in [0.1, 0.15) is 17.3 Å². The number of aromatic amines is 1. The zero-order chi connectivity index (χ0) is 20.5. The Labute approximate surface area is 171 Å². The molecule has 0 fully saturated rings. The number of H-pyrrole nitrogens is 1. The summed E-state index contributed by atoms with van der Waals surface area (Å²) in [5, 5.41) is 0. The average molecular weight is 399 g/mol. The van der Waals surface area contributed by atoms with Gasteiger partial charge in [0.2, 0.25) is 0 Å². The van der Waals surface area contributed by atoms with Crippen LogP contribution >= 0.6 is 0 Å². The van der Waals surface area contributed by atoms with Crippen LogP contribution in [0.4, 0.5) is 4.39 Å². The number of hydrogen-bond acceptors (Lipinski definition) is 3. The molecule has 0 saturated heterocycles. The summed E-state index contributed by atoms with van der Waals surface area (Å²) in [6.07, 6.45) is 4.07. The van der Waals surface area contributed by atoms with Crippen LogP contribution in [-0.2, 0) is 12.8 Å². The summed E-state index contributed by atoms with van der Waals surface area (Å²) >= 11 is 0. The Morgan fingerprint density at radius 1 is 1.00 bits per heavy atom. The minimum Gasteiger partial charge on any atom is -0.469 e. The maximum atomic E-state index is 13.7. The van der Waals surface area contributed by atoms with Crippen molar-refractivity contribution in [3.8, 4) is 17.1 Å². The van der Waals surface area contributed by atoms with Crippen LogP contribution in [-0.4, -0.2) is 14.5 Å². The first-order valence-electron chi connectivity index (χ1n) is 9.63. The van der Waals surface area contributed by atoms with E-state index in [2.05, 4.69) is 9.97 Å². The number of rotatable bonds is 5. The average Bonchev–Trinajstić information content (AvgIpc) is 3.38. The maximum absolute atomic E-state index is 13.7. The van der Waals surface area contributed by atoms with E-state index in [1.165, 1.54) is 12.1 Å². The second kappa shape index (κ2) is 7.48. The minimum atomic E-state index is -0.297. The molecular weight excluding hydrogens is 381 g/mol. The number of nitrogens with zero attached hydrogens (tertiary/aromatic N) is 2. The fraction of sp³-hybridized carbons (Fsp3) is 0.0833. The molecule has 2 aromatic carbocycles. The number of halogens is 1. The van der Waals surface area contributed by atoms with Gasteiger partial charge in [0.05, 0.1) is 24.1 Å². The zero-order valence-corrected chi connectivity index (χ0v) is 16.0. The molecule has 3 aromatic rings. The van der Waals surface area contributed by atoms with Crippen molar-refractivity contribution in [1.82, 2.24) is 14.5 Å². The molecule has 3 heterocycles. The lowest BCUT2D eigenvalue weighted by Gasteiger charge is -2.13. The molecule has 0 atom stereocenters. The topological polar surface area (TPSA) is 63.8 Å². The lowest BCUT2D eigenvalue weighted by Crippen LogP contribution is -2.17. The van der Waals surface area contributed by atoms with E-state index in [0.29, 0.717) is 30.1 Å². The smallest absolute Gasteiger partial charge is 0.278 e. The summed E-state index contributed by atoms with van der Waals surface area (Å²) in [7, 11) is 0. The molecule has 0 amide bonds. The Hall–Kier alpha value is -3.93. The van der Waals surface area contributed by atoms with Crippen LogP contribution in [0.15, 0.2) is 88.4 Å². The van der Waals surface area contributed by atoms with E-state index in [0.717, 1.165) is 22.5 Å². The summed E-state index contributed by atoms with van der Waals surface area (Å²) in [5.41, 5.74) is 3.48. The quantitative estimate of drug-likeness (QED) is 0.471. The van der Waals surface area contributed by atoms with Gasteiger partial charge in [0, 0.05) is 12.6 Å². The Kier molecular flexibility index (Phi) is 4.52. The molecule has 0 bridgehead atoms. The van der Waals surface area contributed by atoms with Crippen molar-refractivity contribution >= 4 is 0 Å². The summed E-state index contributed by atoms with van der Waals surface area (Å²) in [5.74, 6) is 0.911. The van der Waals surface area contributed by atoms with Gasteiger partial charge in [-0.2, -0.15) is 0 Å². The third-order valence-electron chi connectivity index (χ3n) is 5.02. The molecule has 0 unspecified atom stereocenters. The van der Waals surface area contributed by atoms with E-state index in [1.807, 2.05) is 42.5 Å². The van der Waals surface area contributed by atoms with Crippen molar-refractivity contribution < 1.29 is 8.81 Å². The van der Waals surface area contributed by atoms with Crippen LogP contribution in [0.5, 0.6) is 0 Å². The van der Waals surface area contributed by atoms with Gasteiger partial charge in [-0.05, 0) is 35.4 Å². The van der Waals surface area contributed by atoms with Gasteiger partial charge in [0.15, 0.2) is 5.82 Å². The van der Waals surface area contributed by atoms with Gasteiger partial charge in [-0.15, -0.1) is 0 Å². The van der Waals surface area contributed by atoms with Crippen molar-refractivity contribution in [2.45, 2.75) is 12.8 Å². The highest BCUT2D eigenvalue weighted by molar-refractivity contribution is 5.60. The van der Waals surface area contributed by atoms with Gasteiger partial charge >= 0.3 is 0 Å². The Balaban J connectivity index is 1.66. The lowest BCUT2D eigenvalue weighted by atomic mass is 10.1. The molecule has 0 saturated carbocycles. The normalized spacial score (nSPS) is 11.2. The molecule has 148 valence electrons. The van der Waals surface area contributed by atoms with E-state index >= 15 is 0 Å². The highest BCUT2D eigenvalue weighted by Gasteiger charge is 2.21. The van der Waals surface area contributed by atoms with Crippen LogP contribution in [0.3, 0.4) is 0 Å². The van der Waals surface area contributed by atoms with Crippen molar-refractivity contribution in [3.05, 3.63) is 118 Å². The molecule has 0 radical (unpaired) electrons. The van der Waals surface area contributed by atoms with Gasteiger partial charge in [-0.3, -0.25) is 9.36 Å². The standard InChI is InChI=1S/C24H18FN3O2/c25-18-9-4-6-16(12-18)13-20-23-27-21(14-19-10-5-11-30-19)24(29)28(23)15-22(26-20)17-7-2-1-3-8-17/h1-12,15,26H,13-14H2. The fourth-order valence-electron chi connectivity index (χ4n) is 3.61. The summed E-state index contributed by atoms with van der Waals surface area (Å²) in [6, 6.07) is 19.8. The Morgan fingerprint density at radius 2 is 1.87 bits per heavy atom. The molecule has 2 aliphatic heterocycles. The van der Waals surface area contributed by atoms with Gasteiger partial charge in [-0.1, -0.05) is 42.5 Å². The minimum absolute atomic E-state index is 0.187. The summed E-state index contributed by atoms with van der Waals surface area (Å²) < 4.78 is 20.7. The first kappa shape index (κ1) is 18.1. The third kappa shape index (κ3) is 3.43. The maximum Gasteiger partial charge on any atom is 0.278 e. The molecule has 2 aliphatic rings. The zero-order valence-electron chi connectivity index (χ0n) is 16.0. The van der Waals surface area contributed by atoms with Crippen molar-refractivity contribution in [2.75, 3.05) is 0 Å². The number of fused-ring (bicyclic) bond motifs is 1. The SMILES string of the molecule is O=c1c(Cc2ccco2)nc2c(Cc3cccc(F)c3)[nH]c(-c3ccccc3)cn1-2. The second-order valence-corrected chi connectivity index (χ2v) is 7.13. The first-order chi connectivity index (χ1) is 14.7. The third-order valence-corrected chi connectivity index (χ3v) is 5.02. The largest absolute Gasteiger partial charge is 0.469 e. The van der Waals surface area contributed by atoms with Crippen LogP contribution in [0.2, 0.25) is 0 Å². The monoisotopic (exact) mass is 399 g/mol. The molecule has 5 rings (SSSR count). The van der Waals surface area contributed by atoms with E-state index in [-0.39, 0.29) is 11.4 Å². The van der Waals surface area contributed by atoms with Crippen molar-refractivity contribution in [2.24, 2.45) is 0 Å². The van der Waals surface area contributed by atoms with Crippen LogP contribution in [0.25, 0.3) is 17.1 Å². The molecule has 0 spiro atoms. The molecule has 30 heavy (non-hydrogen) atoms. The van der Waals surface area contributed by atoms with Crippen molar-refractivity contribution in [3.63, 3.8) is 0 Å². The second-order valence-electron chi connectivity index (χ2n) is 7.13. The van der Waals surface area contributed by atoms with E-state index in [4.69, 9.17) is 4.42 Å². The molecular formula is C24H18FN3O2. The predicted octanol–water partition coefficient (Wildman–Crippen LogP) is 4.58. The fourth-order valence-corrected chi connectivity index (χ4v) is 3.61. The van der Waals surface area contributed by atoms with E-state index in [9.17, 15) is 9.18 Å². The van der Waals surface area contributed by atoms with E-state index < -0.39 is 0 Å². The number of imidazole rings is 1. The number of hydrogen-bond donors (Lipinski definition) is 1. The molecule has 1 aromatic heterocycles. The highest BCUT2D eigenvalue weighted by Crippen LogP contribution is 2.23. The summed E-state index contributed by atoms with van der Waals surface area (Å²) in [4.78, 5) is 21.1. The van der Waals surface area contributed by atoms with Gasteiger partial charge < -0.3 is 9.40 Å². The molecule has 5 nitrogen and oxygen atoms in total. The molecule has 0 aliphatic carbocycles.